The highest BCUT2D eigenvalue weighted by Crippen LogP contribution is 2.21. The summed E-state index contributed by atoms with van der Waals surface area (Å²) in [6.07, 6.45) is 0.315. The van der Waals surface area contributed by atoms with Crippen LogP contribution in [-0.2, 0) is 10.2 Å². The molecule has 0 amide bonds. The number of halogens is 1. The normalized spacial score (nSPS) is 11.4. The molecule has 0 heterocycles. The summed E-state index contributed by atoms with van der Waals surface area (Å²) in [5, 5.41) is 0. The van der Waals surface area contributed by atoms with Gasteiger partial charge < -0.3 is 4.74 Å². The Labute approximate surface area is 99.2 Å². The van der Waals surface area contributed by atoms with Gasteiger partial charge in [-0.3, -0.25) is 0 Å². The van der Waals surface area contributed by atoms with Gasteiger partial charge in [0.2, 0.25) is 0 Å². The quantitative estimate of drug-likeness (QED) is 0.450. The summed E-state index contributed by atoms with van der Waals surface area (Å²) < 4.78 is 37.6. The molecule has 1 aromatic carbocycles. The molecule has 1 rings (SSSR count). The Morgan fingerprint density at radius 2 is 1.94 bits per heavy atom. The van der Waals surface area contributed by atoms with E-state index in [0.29, 0.717) is 12.2 Å². The van der Waals surface area contributed by atoms with Gasteiger partial charge in [-0.2, -0.15) is 8.42 Å². The van der Waals surface area contributed by atoms with E-state index in [9.17, 15) is 12.3 Å². The van der Waals surface area contributed by atoms with E-state index in [1.807, 2.05) is 24.3 Å². The number of thioether (sulfide) groups is 1. The molecule has 0 radical (unpaired) electrons. The molecule has 0 bridgehead atoms. The monoisotopic (exact) mass is 264 g/mol. The first kappa shape index (κ1) is 13.3. The lowest BCUT2D eigenvalue weighted by Crippen LogP contribution is -1.99. The van der Waals surface area contributed by atoms with Crippen LogP contribution in [0.2, 0.25) is 0 Å². The first-order valence-corrected chi connectivity index (χ1v) is 7.24. The predicted molar refractivity (Wildman–Crippen MR) is 63.2 cm³/mol. The van der Waals surface area contributed by atoms with Crippen LogP contribution in [0.25, 0.3) is 0 Å². The molecule has 0 aromatic heterocycles. The van der Waals surface area contributed by atoms with Crippen LogP contribution in [0.5, 0.6) is 5.75 Å². The van der Waals surface area contributed by atoms with Gasteiger partial charge in [0.1, 0.15) is 5.75 Å². The Hall–Kier alpha value is -0.750. The standard InChI is InChI=1S/C10H13FO3S2/c1-14-9-3-5-10(6-4-9)15-7-2-8-16(11,12)13/h3-6H,2,7-8H2,1H3. The SMILES string of the molecule is COc1ccc(SCCCS(=O)(=O)F)cc1. The molecule has 16 heavy (non-hydrogen) atoms. The summed E-state index contributed by atoms with van der Waals surface area (Å²) in [5.74, 6) is 0.946. The maximum Gasteiger partial charge on any atom is 0.302 e. The van der Waals surface area contributed by atoms with Gasteiger partial charge in [0.15, 0.2) is 0 Å². The maximum atomic E-state index is 12.2. The van der Waals surface area contributed by atoms with Crippen LogP contribution < -0.4 is 4.74 Å². The fraction of sp³-hybridized carbons (Fsp3) is 0.400. The lowest BCUT2D eigenvalue weighted by atomic mass is 10.3. The predicted octanol–water partition coefficient (Wildman–Crippen LogP) is 2.48. The zero-order valence-electron chi connectivity index (χ0n) is 8.85. The molecular formula is C10H13FO3S2. The summed E-state index contributed by atoms with van der Waals surface area (Å²) in [5.41, 5.74) is 0. The van der Waals surface area contributed by atoms with Crippen LogP contribution in [-0.4, -0.2) is 27.0 Å². The molecule has 6 heteroatoms. The van der Waals surface area contributed by atoms with E-state index < -0.39 is 16.0 Å². The Morgan fingerprint density at radius 1 is 1.31 bits per heavy atom. The van der Waals surface area contributed by atoms with Crippen LogP contribution in [0.4, 0.5) is 3.89 Å². The zero-order valence-corrected chi connectivity index (χ0v) is 10.5. The molecule has 0 saturated carbocycles. The third-order valence-corrected chi connectivity index (χ3v) is 3.74. The summed E-state index contributed by atoms with van der Waals surface area (Å²) in [7, 11) is -2.73. The van der Waals surface area contributed by atoms with Gasteiger partial charge >= 0.3 is 10.2 Å². The molecule has 1 aromatic rings. The third kappa shape index (κ3) is 5.37. The molecule has 0 N–H and O–H groups in total. The number of hydrogen-bond acceptors (Lipinski definition) is 4. The minimum atomic E-state index is -4.32. The van der Waals surface area contributed by atoms with Crippen LogP contribution in [0.3, 0.4) is 0 Å². The number of methoxy groups -OCH3 is 1. The molecular weight excluding hydrogens is 251 g/mol. The first-order chi connectivity index (χ1) is 7.51. The molecule has 90 valence electrons. The summed E-state index contributed by atoms with van der Waals surface area (Å²) in [6.45, 7) is 0. The smallest absolute Gasteiger partial charge is 0.302 e. The molecule has 0 saturated heterocycles. The Kier molecular flexibility index (Phi) is 5.08. The van der Waals surface area contributed by atoms with Gasteiger partial charge in [-0.1, -0.05) is 0 Å². The Bertz CT molecular complexity index is 414. The molecule has 0 spiro atoms. The van der Waals surface area contributed by atoms with Crippen LogP contribution >= 0.6 is 11.8 Å². The lowest BCUT2D eigenvalue weighted by molar-refractivity contribution is 0.414. The van der Waals surface area contributed by atoms with Crippen molar-refractivity contribution in [3.8, 4) is 5.75 Å². The van der Waals surface area contributed by atoms with Gasteiger partial charge in [0.25, 0.3) is 0 Å². The lowest BCUT2D eigenvalue weighted by Gasteiger charge is -2.02. The van der Waals surface area contributed by atoms with Gasteiger partial charge in [-0.25, -0.2) is 0 Å². The topological polar surface area (TPSA) is 43.4 Å². The van der Waals surface area contributed by atoms with Crippen molar-refractivity contribution in [2.45, 2.75) is 11.3 Å². The minimum absolute atomic E-state index is 0.315. The van der Waals surface area contributed by atoms with Crippen molar-refractivity contribution in [2.24, 2.45) is 0 Å². The van der Waals surface area contributed by atoms with Crippen LogP contribution in [0.15, 0.2) is 29.2 Å². The second kappa shape index (κ2) is 6.10. The second-order valence-corrected chi connectivity index (χ2v) is 5.77. The summed E-state index contributed by atoms with van der Waals surface area (Å²) in [6, 6.07) is 7.42. The fourth-order valence-corrected chi connectivity index (χ4v) is 2.62. The van der Waals surface area contributed by atoms with Crippen molar-refractivity contribution in [3.63, 3.8) is 0 Å². The van der Waals surface area contributed by atoms with Crippen molar-refractivity contribution in [2.75, 3.05) is 18.6 Å². The van der Waals surface area contributed by atoms with E-state index in [-0.39, 0.29) is 0 Å². The summed E-state index contributed by atoms with van der Waals surface area (Å²) >= 11 is 1.49. The van der Waals surface area contributed by atoms with Crippen molar-refractivity contribution in [3.05, 3.63) is 24.3 Å². The largest absolute Gasteiger partial charge is 0.497 e. The summed E-state index contributed by atoms with van der Waals surface area (Å²) in [4.78, 5) is 1.01. The zero-order chi connectivity index (χ0) is 12.0. The second-order valence-electron chi connectivity index (χ2n) is 3.12. The average molecular weight is 264 g/mol. The van der Waals surface area contributed by atoms with E-state index in [2.05, 4.69) is 0 Å². The van der Waals surface area contributed by atoms with Crippen molar-refractivity contribution in [1.82, 2.24) is 0 Å². The molecule has 0 unspecified atom stereocenters. The van der Waals surface area contributed by atoms with Gasteiger partial charge in [-0.05, 0) is 36.4 Å². The molecule has 0 fully saturated rings. The highest BCUT2D eigenvalue weighted by Gasteiger charge is 2.06. The molecule has 3 nitrogen and oxygen atoms in total. The average Bonchev–Trinajstić information content (AvgIpc) is 2.24. The van der Waals surface area contributed by atoms with E-state index >= 15 is 0 Å². The maximum absolute atomic E-state index is 12.2. The van der Waals surface area contributed by atoms with E-state index in [4.69, 9.17) is 4.74 Å². The van der Waals surface area contributed by atoms with E-state index in [0.717, 1.165) is 10.6 Å². The number of benzene rings is 1. The van der Waals surface area contributed by atoms with E-state index in [1.54, 1.807) is 7.11 Å². The van der Waals surface area contributed by atoms with Crippen LogP contribution in [0, 0.1) is 0 Å². The number of ether oxygens (including phenoxy) is 1. The molecule has 0 aliphatic heterocycles. The van der Waals surface area contributed by atoms with Gasteiger partial charge in [0, 0.05) is 4.90 Å². The van der Waals surface area contributed by atoms with E-state index in [1.165, 1.54) is 11.8 Å². The van der Waals surface area contributed by atoms with Crippen molar-refractivity contribution < 1.29 is 17.0 Å². The molecule has 0 atom stereocenters. The Morgan fingerprint density at radius 3 is 2.44 bits per heavy atom. The molecule has 0 aliphatic carbocycles. The number of hydrogen-bond donors (Lipinski definition) is 0. The fourth-order valence-electron chi connectivity index (χ4n) is 1.09. The highest BCUT2D eigenvalue weighted by molar-refractivity contribution is 7.99. The van der Waals surface area contributed by atoms with Gasteiger partial charge in [0.05, 0.1) is 12.9 Å². The van der Waals surface area contributed by atoms with Gasteiger partial charge in [-0.15, -0.1) is 15.6 Å². The van der Waals surface area contributed by atoms with Crippen molar-refractivity contribution in [1.29, 1.82) is 0 Å². The van der Waals surface area contributed by atoms with Crippen molar-refractivity contribution >= 4 is 22.0 Å². The third-order valence-electron chi connectivity index (χ3n) is 1.86. The molecule has 0 aliphatic rings. The Balaban J connectivity index is 2.32. The highest BCUT2D eigenvalue weighted by atomic mass is 32.3. The minimum Gasteiger partial charge on any atom is -0.497 e. The van der Waals surface area contributed by atoms with Crippen LogP contribution in [0.1, 0.15) is 6.42 Å². The first-order valence-electron chi connectivity index (χ1n) is 4.70. The number of rotatable bonds is 6.